The van der Waals surface area contributed by atoms with E-state index in [0.29, 0.717) is 0 Å². The molecule has 0 saturated heterocycles. The maximum absolute atomic E-state index is 5.22. The zero-order valence-electron chi connectivity index (χ0n) is 13.3. The molecule has 0 unspecified atom stereocenters. The van der Waals surface area contributed by atoms with Gasteiger partial charge in [-0.2, -0.15) is 0 Å². The topological polar surface area (TPSA) is 56.1 Å². The van der Waals surface area contributed by atoms with Gasteiger partial charge in [0, 0.05) is 36.9 Å². The second-order valence-corrected chi connectivity index (χ2v) is 6.38. The summed E-state index contributed by atoms with van der Waals surface area (Å²) in [6.07, 6.45) is 3.67. The van der Waals surface area contributed by atoms with E-state index in [4.69, 9.17) is 4.74 Å². The SMILES string of the molecule is COc1ccc(N2CCn3c(SCc4cccnc4)nnc32)cc1. The highest BCUT2D eigenvalue weighted by Crippen LogP contribution is 2.33. The van der Waals surface area contributed by atoms with Crippen LogP contribution in [-0.2, 0) is 12.3 Å². The highest BCUT2D eigenvalue weighted by Gasteiger charge is 2.25. The summed E-state index contributed by atoms with van der Waals surface area (Å²) in [4.78, 5) is 6.33. The van der Waals surface area contributed by atoms with Crippen LogP contribution in [0.25, 0.3) is 0 Å². The summed E-state index contributed by atoms with van der Waals surface area (Å²) in [5.74, 6) is 2.59. The number of fused-ring (bicyclic) bond motifs is 1. The van der Waals surface area contributed by atoms with Crippen molar-refractivity contribution in [3.05, 3.63) is 54.4 Å². The Morgan fingerprint density at radius 1 is 1.12 bits per heavy atom. The van der Waals surface area contributed by atoms with E-state index in [9.17, 15) is 0 Å². The number of methoxy groups -OCH3 is 1. The zero-order chi connectivity index (χ0) is 16.4. The molecule has 3 heterocycles. The summed E-state index contributed by atoms with van der Waals surface area (Å²) < 4.78 is 7.39. The second-order valence-electron chi connectivity index (χ2n) is 5.43. The van der Waals surface area contributed by atoms with Crippen LogP contribution in [0.1, 0.15) is 5.56 Å². The van der Waals surface area contributed by atoms with Crippen molar-refractivity contribution < 1.29 is 4.74 Å². The first-order chi connectivity index (χ1) is 11.8. The van der Waals surface area contributed by atoms with E-state index < -0.39 is 0 Å². The number of pyridine rings is 1. The number of hydrogen-bond acceptors (Lipinski definition) is 6. The molecule has 0 aliphatic carbocycles. The third-order valence-corrected chi connectivity index (χ3v) is 5.00. The molecule has 0 bridgehead atoms. The molecule has 1 aliphatic heterocycles. The monoisotopic (exact) mass is 339 g/mol. The lowest BCUT2D eigenvalue weighted by atomic mass is 10.3. The number of rotatable bonds is 5. The van der Waals surface area contributed by atoms with Crippen LogP contribution in [0.4, 0.5) is 11.6 Å². The molecule has 122 valence electrons. The van der Waals surface area contributed by atoms with E-state index in [0.717, 1.165) is 41.4 Å². The predicted molar refractivity (Wildman–Crippen MR) is 93.8 cm³/mol. The fourth-order valence-corrected chi connectivity index (χ4v) is 3.62. The summed E-state index contributed by atoms with van der Waals surface area (Å²) >= 11 is 1.69. The molecule has 24 heavy (non-hydrogen) atoms. The standard InChI is InChI=1S/C17H17N5OS/c1-23-15-6-4-14(5-7-15)21-9-10-22-16(21)19-20-17(22)24-12-13-3-2-8-18-11-13/h2-8,11H,9-10,12H2,1H3. The van der Waals surface area contributed by atoms with Crippen molar-refractivity contribution in [2.75, 3.05) is 18.6 Å². The first-order valence-corrected chi connectivity index (χ1v) is 8.70. The number of ether oxygens (including phenoxy) is 1. The van der Waals surface area contributed by atoms with Crippen molar-refractivity contribution in [3.63, 3.8) is 0 Å². The van der Waals surface area contributed by atoms with Crippen molar-refractivity contribution in [1.82, 2.24) is 19.7 Å². The van der Waals surface area contributed by atoms with Gasteiger partial charge in [0.05, 0.1) is 7.11 Å². The van der Waals surface area contributed by atoms with E-state index in [1.807, 2.05) is 36.5 Å². The van der Waals surface area contributed by atoms with Gasteiger partial charge in [0.2, 0.25) is 5.95 Å². The fraction of sp³-hybridized carbons (Fsp3) is 0.235. The van der Waals surface area contributed by atoms with E-state index in [1.165, 1.54) is 5.56 Å². The van der Waals surface area contributed by atoms with Crippen LogP contribution in [0.3, 0.4) is 0 Å². The van der Waals surface area contributed by atoms with Crippen LogP contribution in [0.5, 0.6) is 5.75 Å². The Kier molecular flexibility index (Phi) is 4.08. The van der Waals surface area contributed by atoms with Crippen LogP contribution < -0.4 is 9.64 Å². The highest BCUT2D eigenvalue weighted by atomic mass is 32.2. The number of hydrogen-bond donors (Lipinski definition) is 0. The third-order valence-electron chi connectivity index (χ3n) is 3.96. The van der Waals surface area contributed by atoms with Crippen molar-refractivity contribution >= 4 is 23.4 Å². The van der Waals surface area contributed by atoms with E-state index in [1.54, 1.807) is 25.1 Å². The van der Waals surface area contributed by atoms with Gasteiger partial charge in [0.25, 0.3) is 0 Å². The number of thioether (sulfide) groups is 1. The fourth-order valence-electron chi connectivity index (χ4n) is 2.72. The number of nitrogens with zero attached hydrogens (tertiary/aromatic N) is 5. The number of anilines is 2. The summed E-state index contributed by atoms with van der Waals surface area (Å²) in [6.45, 7) is 1.79. The minimum Gasteiger partial charge on any atom is -0.497 e. The summed E-state index contributed by atoms with van der Waals surface area (Å²) in [7, 11) is 1.67. The minimum atomic E-state index is 0.842. The molecule has 0 N–H and O–H groups in total. The van der Waals surface area contributed by atoms with E-state index in [2.05, 4.69) is 30.7 Å². The summed E-state index contributed by atoms with van der Waals surface area (Å²) in [5.41, 5.74) is 2.29. The molecule has 0 radical (unpaired) electrons. The summed E-state index contributed by atoms with van der Waals surface area (Å²) in [6, 6.07) is 12.1. The number of benzene rings is 1. The lowest BCUT2D eigenvalue weighted by Gasteiger charge is -2.15. The average Bonchev–Trinajstić information content (AvgIpc) is 3.23. The Balaban J connectivity index is 1.51. The number of aromatic nitrogens is 4. The largest absolute Gasteiger partial charge is 0.497 e. The Labute approximate surface area is 144 Å². The molecule has 7 heteroatoms. The first-order valence-electron chi connectivity index (χ1n) is 7.71. The van der Waals surface area contributed by atoms with Gasteiger partial charge in [-0.05, 0) is 35.9 Å². The Hall–Kier alpha value is -2.54. The van der Waals surface area contributed by atoms with Gasteiger partial charge in [0.1, 0.15) is 5.75 Å². The quantitative estimate of drug-likeness (QED) is 0.666. The van der Waals surface area contributed by atoms with Gasteiger partial charge in [-0.15, -0.1) is 10.2 Å². The lowest BCUT2D eigenvalue weighted by Crippen LogP contribution is -2.14. The molecule has 3 aromatic rings. The van der Waals surface area contributed by atoms with Crippen molar-refractivity contribution in [1.29, 1.82) is 0 Å². The Bertz CT molecular complexity index is 819. The normalized spacial score (nSPS) is 13.1. The first kappa shape index (κ1) is 15.0. The van der Waals surface area contributed by atoms with E-state index in [-0.39, 0.29) is 0 Å². The van der Waals surface area contributed by atoms with Crippen LogP contribution in [0, 0.1) is 0 Å². The molecular formula is C17H17N5OS. The average molecular weight is 339 g/mol. The third kappa shape index (κ3) is 2.82. The molecule has 0 saturated carbocycles. The molecular weight excluding hydrogens is 322 g/mol. The van der Waals surface area contributed by atoms with Gasteiger partial charge < -0.3 is 9.64 Å². The maximum Gasteiger partial charge on any atom is 0.232 e. The minimum absolute atomic E-state index is 0.842. The van der Waals surface area contributed by atoms with Crippen LogP contribution in [0.15, 0.2) is 53.9 Å². The lowest BCUT2D eigenvalue weighted by molar-refractivity contribution is 0.415. The van der Waals surface area contributed by atoms with Gasteiger partial charge in [0.15, 0.2) is 5.16 Å². The summed E-state index contributed by atoms with van der Waals surface area (Å²) in [5, 5.41) is 9.68. The van der Waals surface area contributed by atoms with Crippen molar-refractivity contribution in [2.45, 2.75) is 17.5 Å². The molecule has 0 spiro atoms. The van der Waals surface area contributed by atoms with Gasteiger partial charge in [-0.25, -0.2) is 0 Å². The molecule has 0 amide bonds. The zero-order valence-corrected chi connectivity index (χ0v) is 14.1. The molecule has 1 aliphatic rings. The maximum atomic E-state index is 5.22. The van der Waals surface area contributed by atoms with E-state index >= 15 is 0 Å². The molecule has 0 fully saturated rings. The van der Waals surface area contributed by atoms with Crippen LogP contribution >= 0.6 is 11.8 Å². The molecule has 0 atom stereocenters. The molecule has 4 rings (SSSR count). The second kappa shape index (κ2) is 6.52. The van der Waals surface area contributed by atoms with Crippen molar-refractivity contribution in [3.8, 4) is 5.75 Å². The van der Waals surface area contributed by atoms with Gasteiger partial charge in [-0.3, -0.25) is 9.55 Å². The van der Waals surface area contributed by atoms with Crippen LogP contribution in [-0.4, -0.2) is 33.4 Å². The smallest absolute Gasteiger partial charge is 0.232 e. The Morgan fingerprint density at radius 2 is 2.00 bits per heavy atom. The molecule has 2 aromatic heterocycles. The van der Waals surface area contributed by atoms with Crippen LogP contribution in [0.2, 0.25) is 0 Å². The molecule has 6 nitrogen and oxygen atoms in total. The highest BCUT2D eigenvalue weighted by molar-refractivity contribution is 7.98. The Morgan fingerprint density at radius 3 is 2.75 bits per heavy atom. The predicted octanol–water partition coefficient (Wildman–Crippen LogP) is 3.13. The van der Waals surface area contributed by atoms with Gasteiger partial charge in [-0.1, -0.05) is 17.8 Å². The van der Waals surface area contributed by atoms with Gasteiger partial charge >= 0.3 is 0 Å². The van der Waals surface area contributed by atoms with Crippen molar-refractivity contribution in [2.24, 2.45) is 0 Å². The molecule has 1 aromatic carbocycles.